The highest BCUT2D eigenvalue weighted by Crippen LogP contribution is 2.21. The van der Waals surface area contributed by atoms with Crippen molar-refractivity contribution < 1.29 is 14.4 Å². The molecule has 0 bridgehead atoms. The van der Waals surface area contributed by atoms with Crippen LogP contribution in [0.4, 0.5) is 11.4 Å². The van der Waals surface area contributed by atoms with E-state index in [4.69, 9.17) is 5.73 Å². The summed E-state index contributed by atoms with van der Waals surface area (Å²) in [5.41, 5.74) is 7.71. The summed E-state index contributed by atoms with van der Waals surface area (Å²) in [5.74, 6) is -1.40. The number of carbonyl (C=O) groups is 3. The third-order valence-corrected chi connectivity index (χ3v) is 3.25. The van der Waals surface area contributed by atoms with Gasteiger partial charge >= 0.3 is 0 Å². The molecule has 2 rings (SSSR count). The number of amides is 3. The van der Waals surface area contributed by atoms with Crippen LogP contribution in [0.1, 0.15) is 18.9 Å². The third kappa shape index (κ3) is 2.79. The Balaban J connectivity index is 2.03. The number of rotatable bonds is 3. The molecular weight excluding hydrogens is 258 g/mol. The summed E-state index contributed by atoms with van der Waals surface area (Å²) in [6.07, 6.45) is 0.165. The second-order valence-corrected chi connectivity index (χ2v) is 5.06. The maximum atomic E-state index is 11.9. The molecule has 1 unspecified atom stereocenters. The number of aryl methyl sites for hydroxylation is 1. The van der Waals surface area contributed by atoms with Gasteiger partial charge in [-0.15, -0.1) is 0 Å². The van der Waals surface area contributed by atoms with Crippen LogP contribution in [0.25, 0.3) is 0 Å². The summed E-state index contributed by atoms with van der Waals surface area (Å²) in [4.78, 5) is 36.2. The molecule has 20 heavy (non-hydrogen) atoms. The minimum atomic E-state index is -0.434. The van der Waals surface area contributed by atoms with Crippen LogP contribution in [0.5, 0.6) is 0 Å². The standard InChI is InChI=1S/C14H17N3O3/c1-8-3-4-11(10(15)5-8)16-12(18)7-17-13(19)6-9(2)14(17)20/h3-5,9H,6-7,15H2,1-2H3,(H,16,18). The van der Waals surface area contributed by atoms with Crippen LogP contribution in [0.15, 0.2) is 18.2 Å². The molecule has 0 saturated carbocycles. The smallest absolute Gasteiger partial charge is 0.244 e. The molecule has 0 radical (unpaired) electrons. The molecule has 3 amide bonds. The Morgan fingerprint density at radius 2 is 2.15 bits per heavy atom. The van der Waals surface area contributed by atoms with Crippen LogP contribution >= 0.6 is 0 Å². The molecule has 106 valence electrons. The first kappa shape index (κ1) is 14.0. The number of likely N-dealkylation sites (tertiary alicyclic amines) is 1. The Labute approximate surface area is 116 Å². The molecule has 1 saturated heterocycles. The fourth-order valence-electron chi connectivity index (χ4n) is 2.14. The van der Waals surface area contributed by atoms with Gasteiger partial charge in [0.2, 0.25) is 17.7 Å². The largest absolute Gasteiger partial charge is 0.397 e. The molecule has 1 aromatic rings. The second kappa shape index (κ2) is 5.32. The summed E-state index contributed by atoms with van der Waals surface area (Å²) in [7, 11) is 0. The predicted molar refractivity (Wildman–Crippen MR) is 74.7 cm³/mol. The van der Waals surface area contributed by atoms with Crippen LogP contribution < -0.4 is 11.1 Å². The van der Waals surface area contributed by atoms with Gasteiger partial charge in [0.15, 0.2) is 0 Å². The molecule has 6 heteroatoms. The fourth-order valence-corrected chi connectivity index (χ4v) is 2.14. The van der Waals surface area contributed by atoms with Crippen LogP contribution in [0, 0.1) is 12.8 Å². The van der Waals surface area contributed by atoms with Gasteiger partial charge in [-0.25, -0.2) is 0 Å². The SMILES string of the molecule is Cc1ccc(NC(=O)CN2C(=O)CC(C)C2=O)c(N)c1. The van der Waals surface area contributed by atoms with Crippen LogP contribution in [-0.2, 0) is 14.4 Å². The maximum absolute atomic E-state index is 11.9. The number of anilines is 2. The number of carbonyl (C=O) groups excluding carboxylic acids is 3. The van der Waals surface area contributed by atoms with E-state index in [0.29, 0.717) is 11.4 Å². The Morgan fingerprint density at radius 1 is 1.45 bits per heavy atom. The number of nitrogens with one attached hydrogen (secondary N) is 1. The highest BCUT2D eigenvalue weighted by Gasteiger charge is 2.36. The lowest BCUT2D eigenvalue weighted by molar-refractivity contribution is -0.142. The Hall–Kier alpha value is -2.37. The van der Waals surface area contributed by atoms with E-state index in [2.05, 4.69) is 5.32 Å². The molecule has 1 atom stereocenters. The van der Waals surface area contributed by atoms with E-state index < -0.39 is 5.91 Å². The van der Waals surface area contributed by atoms with Gasteiger partial charge in [-0.05, 0) is 24.6 Å². The van der Waals surface area contributed by atoms with Crippen molar-refractivity contribution >= 4 is 29.1 Å². The minimum Gasteiger partial charge on any atom is -0.397 e. The summed E-state index contributed by atoms with van der Waals surface area (Å²) >= 11 is 0. The summed E-state index contributed by atoms with van der Waals surface area (Å²) in [5, 5.41) is 2.61. The van der Waals surface area contributed by atoms with Crippen molar-refractivity contribution in [2.24, 2.45) is 5.92 Å². The van der Waals surface area contributed by atoms with Gasteiger partial charge in [0.25, 0.3) is 0 Å². The van der Waals surface area contributed by atoms with Crippen molar-refractivity contribution in [3.8, 4) is 0 Å². The topological polar surface area (TPSA) is 92.5 Å². The Bertz CT molecular complexity index is 583. The fraction of sp³-hybridized carbons (Fsp3) is 0.357. The zero-order valence-electron chi connectivity index (χ0n) is 11.5. The van der Waals surface area contributed by atoms with Gasteiger partial charge in [0.1, 0.15) is 6.54 Å². The zero-order chi connectivity index (χ0) is 14.9. The van der Waals surface area contributed by atoms with Crippen molar-refractivity contribution in [1.29, 1.82) is 0 Å². The van der Waals surface area contributed by atoms with Crippen molar-refractivity contribution in [3.05, 3.63) is 23.8 Å². The van der Waals surface area contributed by atoms with Crippen LogP contribution in [0.2, 0.25) is 0 Å². The predicted octanol–water partition coefficient (Wildman–Crippen LogP) is 0.911. The molecule has 1 aliphatic heterocycles. The highest BCUT2D eigenvalue weighted by atomic mass is 16.2. The molecular formula is C14H17N3O3. The van der Waals surface area contributed by atoms with E-state index in [1.54, 1.807) is 19.1 Å². The van der Waals surface area contributed by atoms with Gasteiger partial charge in [-0.2, -0.15) is 0 Å². The Kier molecular flexibility index (Phi) is 3.74. The number of hydrogen-bond donors (Lipinski definition) is 2. The number of imide groups is 1. The number of nitrogens with zero attached hydrogens (tertiary/aromatic N) is 1. The van der Waals surface area contributed by atoms with E-state index in [-0.39, 0.29) is 30.7 Å². The number of nitrogens with two attached hydrogens (primary N) is 1. The molecule has 1 aliphatic rings. The third-order valence-electron chi connectivity index (χ3n) is 3.25. The number of benzene rings is 1. The quantitative estimate of drug-likeness (QED) is 0.633. The summed E-state index contributed by atoms with van der Waals surface area (Å²) in [6.45, 7) is 3.30. The summed E-state index contributed by atoms with van der Waals surface area (Å²) in [6, 6.07) is 5.25. The van der Waals surface area contributed by atoms with Crippen molar-refractivity contribution in [2.45, 2.75) is 20.3 Å². The highest BCUT2D eigenvalue weighted by molar-refractivity contribution is 6.07. The van der Waals surface area contributed by atoms with Crippen LogP contribution in [-0.4, -0.2) is 29.2 Å². The van der Waals surface area contributed by atoms with Gasteiger partial charge in [0.05, 0.1) is 11.4 Å². The molecule has 1 fully saturated rings. The molecule has 1 aromatic carbocycles. The first-order valence-electron chi connectivity index (χ1n) is 6.38. The maximum Gasteiger partial charge on any atom is 0.244 e. The van der Waals surface area contributed by atoms with E-state index in [0.717, 1.165) is 10.5 Å². The first-order valence-corrected chi connectivity index (χ1v) is 6.38. The Morgan fingerprint density at radius 3 is 2.70 bits per heavy atom. The normalized spacial score (nSPS) is 18.5. The molecule has 3 N–H and O–H groups in total. The van der Waals surface area contributed by atoms with E-state index in [9.17, 15) is 14.4 Å². The van der Waals surface area contributed by atoms with Crippen molar-refractivity contribution in [1.82, 2.24) is 4.90 Å². The molecule has 0 spiro atoms. The monoisotopic (exact) mass is 275 g/mol. The van der Waals surface area contributed by atoms with Gasteiger partial charge in [-0.3, -0.25) is 19.3 Å². The molecule has 0 aliphatic carbocycles. The lowest BCUT2D eigenvalue weighted by atomic mass is 10.1. The lowest BCUT2D eigenvalue weighted by Gasteiger charge is -2.15. The van der Waals surface area contributed by atoms with E-state index in [1.165, 1.54) is 0 Å². The van der Waals surface area contributed by atoms with Gasteiger partial charge < -0.3 is 11.1 Å². The van der Waals surface area contributed by atoms with Crippen molar-refractivity contribution in [3.63, 3.8) is 0 Å². The molecule has 0 aromatic heterocycles. The number of hydrogen-bond acceptors (Lipinski definition) is 4. The first-order chi connectivity index (χ1) is 9.38. The lowest BCUT2D eigenvalue weighted by Crippen LogP contribution is -2.37. The van der Waals surface area contributed by atoms with Crippen LogP contribution in [0.3, 0.4) is 0 Å². The molecule has 1 heterocycles. The minimum absolute atomic E-state index is 0.165. The average Bonchev–Trinajstić information content (AvgIpc) is 2.60. The summed E-state index contributed by atoms with van der Waals surface area (Å²) < 4.78 is 0. The molecule has 6 nitrogen and oxygen atoms in total. The van der Waals surface area contributed by atoms with Gasteiger partial charge in [0, 0.05) is 12.3 Å². The zero-order valence-corrected chi connectivity index (χ0v) is 11.5. The van der Waals surface area contributed by atoms with E-state index >= 15 is 0 Å². The average molecular weight is 275 g/mol. The van der Waals surface area contributed by atoms with E-state index in [1.807, 2.05) is 13.0 Å². The van der Waals surface area contributed by atoms with Crippen molar-refractivity contribution in [2.75, 3.05) is 17.6 Å². The second-order valence-electron chi connectivity index (χ2n) is 5.06. The van der Waals surface area contributed by atoms with Gasteiger partial charge in [-0.1, -0.05) is 13.0 Å². The number of nitrogen functional groups attached to an aromatic ring is 1.